The monoisotopic (exact) mass is 295 g/mol. The molecule has 0 aliphatic carbocycles. The van der Waals surface area contributed by atoms with Crippen LogP contribution in [0.25, 0.3) is 11.0 Å². The molecule has 1 atom stereocenters. The highest BCUT2D eigenvalue weighted by molar-refractivity contribution is 7.99. The van der Waals surface area contributed by atoms with E-state index < -0.39 is 0 Å². The second kappa shape index (κ2) is 5.73. The number of nitrogens with one attached hydrogen (secondary N) is 1. The van der Waals surface area contributed by atoms with Crippen LogP contribution < -0.4 is 5.32 Å². The van der Waals surface area contributed by atoms with Crippen LogP contribution in [0.4, 0.5) is 0 Å². The summed E-state index contributed by atoms with van der Waals surface area (Å²) in [5.74, 6) is 3.45. The van der Waals surface area contributed by atoms with Crippen molar-refractivity contribution in [3.05, 3.63) is 29.0 Å². The van der Waals surface area contributed by atoms with E-state index in [0.717, 1.165) is 47.1 Å². The van der Waals surface area contributed by atoms with E-state index in [-0.39, 0.29) is 0 Å². The fraction of sp³-hybridized carbons (Fsp3) is 0.500. The summed E-state index contributed by atoms with van der Waals surface area (Å²) in [6, 6.07) is 6.32. The fourth-order valence-corrected chi connectivity index (χ4v) is 3.67. The standard InChI is InChI=1S/C14H18ClN3S/c1-2-6-18-13-8-10(15)3-4-11(13)17-14(18)12-9-19-7-5-16-12/h3-4,8,12,16H,2,5-7,9H2,1H3. The molecule has 1 aliphatic heterocycles. The molecule has 5 heteroatoms. The van der Waals surface area contributed by atoms with Crippen molar-refractivity contribution in [3.63, 3.8) is 0 Å². The molecule has 102 valence electrons. The minimum atomic E-state index is 0.358. The molecule has 1 aromatic heterocycles. The molecule has 0 bridgehead atoms. The molecule has 2 aromatic rings. The van der Waals surface area contributed by atoms with Gasteiger partial charge in [0.2, 0.25) is 0 Å². The van der Waals surface area contributed by atoms with E-state index in [0.29, 0.717) is 6.04 Å². The first-order valence-electron chi connectivity index (χ1n) is 6.76. The van der Waals surface area contributed by atoms with Gasteiger partial charge in [-0.3, -0.25) is 0 Å². The lowest BCUT2D eigenvalue weighted by Crippen LogP contribution is -2.32. The summed E-state index contributed by atoms with van der Waals surface area (Å²) >= 11 is 8.12. The lowest BCUT2D eigenvalue weighted by Gasteiger charge is -2.23. The molecule has 1 N–H and O–H groups in total. The lowest BCUT2D eigenvalue weighted by molar-refractivity contribution is 0.526. The van der Waals surface area contributed by atoms with Crippen molar-refractivity contribution in [2.75, 3.05) is 18.1 Å². The Kier molecular flexibility index (Phi) is 4.01. The Hall–Kier alpha value is -0.710. The van der Waals surface area contributed by atoms with Crippen LogP contribution in [0.3, 0.4) is 0 Å². The number of aryl methyl sites for hydroxylation is 1. The minimum absolute atomic E-state index is 0.358. The Morgan fingerprint density at radius 3 is 3.16 bits per heavy atom. The Bertz CT molecular complexity index is 575. The molecule has 1 aliphatic rings. The molecule has 3 nitrogen and oxygen atoms in total. The average molecular weight is 296 g/mol. The number of imidazole rings is 1. The maximum absolute atomic E-state index is 6.13. The molecular weight excluding hydrogens is 278 g/mol. The SMILES string of the molecule is CCCn1c(C2CSCCN2)nc2ccc(Cl)cc21. The van der Waals surface area contributed by atoms with Gasteiger partial charge in [-0.25, -0.2) is 4.98 Å². The highest BCUT2D eigenvalue weighted by Gasteiger charge is 2.22. The van der Waals surface area contributed by atoms with Crippen LogP contribution >= 0.6 is 23.4 Å². The van der Waals surface area contributed by atoms with Crippen LogP contribution in [0.15, 0.2) is 18.2 Å². The largest absolute Gasteiger partial charge is 0.327 e. The topological polar surface area (TPSA) is 29.9 Å². The van der Waals surface area contributed by atoms with Gasteiger partial charge in [0.25, 0.3) is 0 Å². The van der Waals surface area contributed by atoms with E-state index >= 15 is 0 Å². The summed E-state index contributed by atoms with van der Waals surface area (Å²) in [4.78, 5) is 4.82. The third-order valence-corrected chi connectivity index (χ3v) is 4.72. The van der Waals surface area contributed by atoms with E-state index in [1.165, 1.54) is 5.75 Å². The number of nitrogens with zero attached hydrogens (tertiary/aromatic N) is 2. The Labute approximate surface area is 122 Å². The maximum atomic E-state index is 6.13. The van der Waals surface area contributed by atoms with Gasteiger partial charge in [-0.05, 0) is 24.6 Å². The van der Waals surface area contributed by atoms with Crippen molar-refractivity contribution >= 4 is 34.4 Å². The summed E-state index contributed by atoms with van der Waals surface area (Å²) in [6.07, 6.45) is 1.10. The van der Waals surface area contributed by atoms with Gasteiger partial charge in [-0.2, -0.15) is 11.8 Å². The number of hydrogen-bond donors (Lipinski definition) is 1. The average Bonchev–Trinajstić information content (AvgIpc) is 2.79. The summed E-state index contributed by atoms with van der Waals surface area (Å²) in [6.45, 7) is 4.25. The minimum Gasteiger partial charge on any atom is -0.327 e. The molecular formula is C14H18ClN3S. The van der Waals surface area contributed by atoms with E-state index in [4.69, 9.17) is 16.6 Å². The van der Waals surface area contributed by atoms with Crippen molar-refractivity contribution in [1.82, 2.24) is 14.9 Å². The highest BCUT2D eigenvalue weighted by Crippen LogP contribution is 2.27. The lowest BCUT2D eigenvalue weighted by atomic mass is 10.3. The van der Waals surface area contributed by atoms with Gasteiger partial charge in [-0.1, -0.05) is 18.5 Å². The zero-order valence-electron chi connectivity index (χ0n) is 11.0. The zero-order valence-corrected chi connectivity index (χ0v) is 12.6. The summed E-state index contributed by atoms with van der Waals surface area (Å²) < 4.78 is 2.32. The molecule has 0 amide bonds. The van der Waals surface area contributed by atoms with E-state index in [9.17, 15) is 0 Å². The van der Waals surface area contributed by atoms with Gasteiger partial charge in [0.15, 0.2) is 0 Å². The molecule has 3 rings (SSSR count). The number of thioether (sulfide) groups is 1. The van der Waals surface area contributed by atoms with Crippen molar-refractivity contribution in [1.29, 1.82) is 0 Å². The molecule has 0 spiro atoms. The highest BCUT2D eigenvalue weighted by atomic mass is 35.5. The van der Waals surface area contributed by atoms with Crippen molar-refractivity contribution in [2.24, 2.45) is 0 Å². The number of aromatic nitrogens is 2. The van der Waals surface area contributed by atoms with Crippen LogP contribution in [-0.4, -0.2) is 27.6 Å². The van der Waals surface area contributed by atoms with Gasteiger partial charge < -0.3 is 9.88 Å². The molecule has 0 radical (unpaired) electrons. The molecule has 1 saturated heterocycles. The number of benzene rings is 1. The van der Waals surface area contributed by atoms with Gasteiger partial charge >= 0.3 is 0 Å². The van der Waals surface area contributed by atoms with Crippen molar-refractivity contribution in [2.45, 2.75) is 25.9 Å². The van der Waals surface area contributed by atoms with E-state index in [2.05, 4.69) is 16.8 Å². The molecule has 1 fully saturated rings. The first-order chi connectivity index (χ1) is 9.29. The quantitative estimate of drug-likeness (QED) is 0.940. The van der Waals surface area contributed by atoms with Crippen molar-refractivity contribution < 1.29 is 0 Å². The first kappa shape index (κ1) is 13.3. The predicted molar refractivity (Wildman–Crippen MR) is 83.1 cm³/mol. The molecule has 0 saturated carbocycles. The number of rotatable bonds is 3. The normalized spacial score (nSPS) is 20.0. The zero-order chi connectivity index (χ0) is 13.2. The molecule has 19 heavy (non-hydrogen) atoms. The summed E-state index contributed by atoms with van der Waals surface area (Å²) in [5, 5.41) is 4.35. The number of halogens is 1. The van der Waals surface area contributed by atoms with Crippen LogP contribution in [0.1, 0.15) is 25.2 Å². The smallest absolute Gasteiger partial charge is 0.127 e. The number of hydrogen-bond acceptors (Lipinski definition) is 3. The van der Waals surface area contributed by atoms with Gasteiger partial charge in [0.05, 0.1) is 17.1 Å². The Morgan fingerprint density at radius 2 is 2.42 bits per heavy atom. The summed E-state index contributed by atoms with van der Waals surface area (Å²) in [7, 11) is 0. The van der Waals surface area contributed by atoms with Crippen LogP contribution in [0.2, 0.25) is 5.02 Å². The second-order valence-electron chi connectivity index (χ2n) is 4.84. The van der Waals surface area contributed by atoms with E-state index in [1.807, 2.05) is 30.0 Å². The van der Waals surface area contributed by atoms with Crippen molar-refractivity contribution in [3.8, 4) is 0 Å². The Balaban J connectivity index is 2.08. The predicted octanol–water partition coefficient (Wildman–Crippen LogP) is 3.48. The van der Waals surface area contributed by atoms with Crippen LogP contribution in [0.5, 0.6) is 0 Å². The van der Waals surface area contributed by atoms with Crippen LogP contribution in [0, 0.1) is 0 Å². The van der Waals surface area contributed by atoms with Gasteiger partial charge in [0, 0.05) is 29.6 Å². The van der Waals surface area contributed by atoms with Gasteiger partial charge in [0.1, 0.15) is 5.82 Å². The van der Waals surface area contributed by atoms with E-state index in [1.54, 1.807) is 0 Å². The van der Waals surface area contributed by atoms with Gasteiger partial charge in [-0.15, -0.1) is 0 Å². The Morgan fingerprint density at radius 1 is 1.53 bits per heavy atom. The maximum Gasteiger partial charge on any atom is 0.127 e. The second-order valence-corrected chi connectivity index (χ2v) is 6.42. The molecule has 2 heterocycles. The van der Waals surface area contributed by atoms with Crippen LogP contribution in [-0.2, 0) is 6.54 Å². The fourth-order valence-electron chi connectivity index (χ4n) is 2.57. The first-order valence-corrected chi connectivity index (χ1v) is 8.29. The summed E-state index contributed by atoms with van der Waals surface area (Å²) in [5.41, 5.74) is 2.20. The third kappa shape index (κ3) is 2.62. The third-order valence-electron chi connectivity index (χ3n) is 3.42. The molecule has 1 unspecified atom stereocenters. The number of fused-ring (bicyclic) bond motifs is 1. The molecule has 1 aromatic carbocycles.